The van der Waals surface area contributed by atoms with Gasteiger partial charge in [0.15, 0.2) is 5.96 Å². The second kappa shape index (κ2) is 8.93. The SMILES string of the molecule is CN=C(NCCc1csc(C)n1)NCc1ccc(C)cc1SC. The number of thioether (sulfide) groups is 1. The molecule has 0 aliphatic heterocycles. The molecule has 0 unspecified atom stereocenters. The molecule has 2 N–H and O–H groups in total. The summed E-state index contributed by atoms with van der Waals surface area (Å²) in [6.07, 6.45) is 3.02. The Hall–Kier alpha value is -1.53. The number of aryl methyl sites for hydroxylation is 2. The van der Waals surface area contributed by atoms with Crippen molar-refractivity contribution in [2.24, 2.45) is 4.99 Å². The normalized spacial score (nSPS) is 11.6. The van der Waals surface area contributed by atoms with Crippen LogP contribution in [-0.4, -0.2) is 30.8 Å². The van der Waals surface area contributed by atoms with Crippen LogP contribution in [-0.2, 0) is 13.0 Å². The first-order chi connectivity index (χ1) is 11.1. The molecule has 1 heterocycles. The molecule has 1 aromatic carbocycles. The highest BCUT2D eigenvalue weighted by molar-refractivity contribution is 7.98. The zero-order chi connectivity index (χ0) is 16.7. The number of thiazole rings is 1. The van der Waals surface area contributed by atoms with Crippen molar-refractivity contribution in [3.63, 3.8) is 0 Å². The van der Waals surface area contributed by atoms with E-state index in [2.05, 4.69) is 57.4 Å². The first kappa shape index (κ1) is 17.8. The Labute approximate surface area is 146 Å². The first-order valence-electron chi connectivity index (χ1n) is 7.61. The van der Waals surface area contributed by atoms with E-state index in [4.69, 9.17) is 0 Å². The van der Waals surface area contributed by atoms with Crippen molar-refractivity contribution in [2.45, 2.75) is 31.7 Å². The number of aliphatic imine (C=N–C) groups is 1. The molecule has 0 amide bonds. The fourth-order valence-corrected chi connectivity index (χ4v) is 3.58. The quantitative estimate of drug-likeness (QED) is 0.477. The summed E-state index contributed by atoms with van der Waals surface area (Å²) in [5, 5.41) is 9.95. The minimum Gasteiger partial charge on any atom is -0.356 e. The summed E-state index contributed by atoms with van der Waals surface area (Å²) in [7, 11) is 1.80. The molecule has 124 valence electrons. The Kier molecular flexibility index (Phi) is 6.92. The second-order valence-electron chi connectivity index (χ2n) is 5.28. The maximum absolute atomic E-state index is 4.47. The van der Waals surface area contributed by atoms with Crippen LogP contribution >= 0.6 is 23.1 Å². The number of rotatable bonds is 6. The third-order valence-electron chi connectivity index (χ3n) is 3.45. The fraction of sp³-hybridized carbons (Fsp3) is 0.412. The molecule has 4 nitrogen and oxygen atoms in total. The summed E-state index contributed by atoms with van der Waals surface area (Å²) in [4.78, 5) is 10.1. The molecule has 0 saturated heterocycles. The van der Waals surface area contributed by atoms with Crippen molar-refractivity contribution >= 4 is 29.1 Å². The fourth-order valence-electron chi connectivity index (χ4n) is 2.23. The van der Waals surface area contributed by atoms with Crippen LogP contribution in [0, 0.1) is 13.8 Å². The van der Waals surface area contributed by atoms with E-state index in [1.54, 1.807) is 30.1 Å². The van der Waals surface area contributed by atoms with Crippen molar-refractivity contribution in [1.29, 1.82) is 0 Å². The molecule has 0 aliphatic carbocycles. The highest BCUT2D eigenvalue weighted by Crippen LogP contribution is 2.21. The highest BCUT2D eigenvalue weighted by atomic mass is 32.2. The Morgan fingerprint density at radius 1 is 1.30 bits per heavy atom. The predicted octanol–water partition coefficient (Wildman–Crippen LogP) is 3.39. The lowest BCUT2D eigenvalue weighted by molar-refractivity contribution is 0.781. The van der Waals surface area contributed by atoms with Gasteiger partial charge in [0.05, 0.1) is 10.7 Å². The molecule has 2 aromatic rings. The summed E-state index contributed by atoms with van der Waals surface area (Å²) in [6, 6.07) is 6.55. The lowest BCUT2D eigenvalue weighted by Crippen LogP contribution is -2.38. The van der Waals surface area contributed by atoms with Crippen LogP contribution in [0.4, 0.5) is 0 Å². The second-order valence-corrected chi connectivity index (χ2v) is 7.19. The summed E-state index contributed by atoms with van der Waals surface area (Å²) in [5.74, 6) is 0.824. The van der Waals surface area contributed by atoms with Crippen molar-refractivity contribution in [3.05, 3.63) is 45.4 Å². The Morgan fingerprint density at radius 3 is 2.78 bits per heavy atom. The molecule has 0 fully saturated rings. The van der Waals surface area contributed by atoms with Crippen LogP contribution in [0.15, 0.2) is 33.5 Å². The van der Waals surface area contributed by atoms with E-state index >= 15 is 0 Å². The van der Waals surface area contributed by atoms with Gasteiger partial charge in [-0.1, -0.05) is 12.1 Å². The van der Waals surface area contributed by atoms with Gasteiger partial charge in [0.2, 0.25) is 0 Å². The lowest BCUT2D eigenvalue weighted by atomic mass is 10.1. The van der Waals surface area contributed by atoms with E-state index in [0.717, 1.165) is 36.2 Å². The molecule has 0 saturated carbocycles. The zero-order valence-electron chi connectivity index (χ0n) is 14.1. The summed E-state index contributed by atoms with van der Waals surface area (Å²) in [6.45, 7) is 5.75. The third-order valence-corrected chi connectivity index (χ3v) is 5.09. The molecule has 6 heteroatoms. The minimum absolute atomic E-state index is 0.770. The average molecular weight is 349 g/mol. The summed E-state index contributed by atoms with van der Waals surface area (Å²) >= 11 is 3.47. The van der Waals surface area contributed by atoms with Gasteiger partial charge < -0.3 is 10.6 Å². The number of guanidine groups is 1. The van der Waals surface area contributed by atoms with Gasteiger partial charge in [-0.05, 0) is 37.3 Å². The van der Waals surface area contributed by atoms with Crippen molar-refractivity contribution in [3.8, 4) is 0 Å². The topological polar surface area (TPSA) is 49.3 Å². The number of nitrogens with one attached hydrogen (secondary N) is 2. The number of hydrogen-bond acceptors (Lipinski definition) is 4. The van der Waals surface area contributed by atoms with Crippen LogP contribution in [0.25, 0.3) is 0 Å². The smallest absolute Gasteiger partial charge is 0.191 e. The van der Waals surface area contributed by atoms with E-state index < -0.39 is 0 Å². The van der Waals surface area contributed by atoms with E-state index in [1.807, 2.05) is 6.92 Å². The molecule has 0 aliphatic rings. The molecular weight excluding hydrogens is 324 g/mol. The Bertz CT molecular complexity index is 664. The monoisotopic (exact) mass is 348 g/mol. The summed E-state index contributed by atoms with van der Waals surface area (Å²) < 4.78 is 0. The lowest BCUT2D eigenvalue weighted by Gasteiger charge is -2.13. The molecule has 23 heavy (non-hydrogen) atoms. The highest BCUT2D eigenvalue weighted by Gasteiger charge is 2.04. The maximum Gasteiger partial charge on any atom is 0.191 e. The van der Waals surface area contributed by atoms with Gasteiger partial charge in [-0.2, -0.15) is 0 Å². The van der Waals surface area contributed by atoms with E-state index in [-0.39, 0.29) is 0 Å². The van der Waals surface area contributed by atoms with Gasteiger partial charge in [0, 0.05) is 36.8 Å². The Balaban J connectivity index is 1.83. The molecule has 0 atom stereocenters. The van der Waals surface area contributed by atoms with E-state index in [9.17, 15) is 0 Å². The summed E-state index contributed by atoms with van der Waals surface area (Å²) in [5.41, 5.74) is 3.72. The van der Waals surface area contributed by atoms with Gasteiger partial charge >= 0.3 is 0 Å². The van der Waals surface area contributed by atoms with Crippen LogP contribution in [0.3, 0.4) is 0 Å². The van der Waals surface area contributed by atoms with Gasteiger partial charge in [-0.25, -0.2) is 4.98 Å². The average Bonchev–Trinajstić information content (AvgIpc) is 2.96. The van der Waals surface area contributed by atoms with E-state index in [1.165, 1.54) is 16.0 Å². The number of hydrogen-bond donors (Lipinski definition) is 2. The van der Waals surface area contributed by atoms with Gasteiger partial charge in [0.25, 0.3) is 0 Å². The molecule has 0 radical (unpaired) electrons. The number of nitrogens with zero attached hydrogens (tertiary/aromatic N) is 2. The predicted molar refractivity (Wildman–Crippen MR) is 102 cm³/mol. The molecule has 0 spiro atoms. The van der Waals surface area contributed by atoms with Crippen molar-refractivity contribution in [2.75, 3.05) is 19.8 Å². The van der Waals surface area contributed by atoms with Crippen LogP contribution in [0.2, 0.25) is 0 Å². The molecular formula is C17H24N4S2. The number of aromatic nitrogens is 1. The van der Waals surface area contributed by atoms with Crippen molar-refractivity contribution in [1.82, 2.24) is 15.6 Å². The Morgan fingerprint density at radius 2 is 2.13 bits per heavy atom. The third kappa shape index (κ3) is 5.55. The van der Waals surface area contributed by atoms with Crippen LogP contribution in [0.5, 0.6) is 0 Å². The first-order valence-corrected chi connectivity index (χ1v) is 9.72. The maximum atomic E-state index is 4.47. The zero-order valence-corrected chi connectivity index (χ0v) is 15.8. The molecule has 2 rings (SSSR count). The van der Waals surface area contributed by atoms with Gasteiger partial charge in [-0.3, -0.25) is 4.99 Å². The van der Waals surface area contributed by atoms with Crippen molar-refractivity contribution < 1.29 is 0 Å². The largest absolute Gasteiger partial charge is 0.356 e. The van der Waals surface area contributed by atoms with Gasteiger partial charge in [-0.15, -0.1) is 23.1 Å². The van der Waals surface area contributed by atoms with Crippen LogP contribution in [0.1, 0.15) is 21.8 Å². The minimum atomic E-state index is 0.770. The van der Waals surface area contributed by atoms with E-state index in [0.29, 0.717) is 0 Å². The standard InChI is InChI=1S/C17H24N4S2/c1-12-5-6-14(16(9-12)22-4)10-20-17(18-3)19-8-7-15-11-23-13(2)21-15/h5-6,9,11H,7-8,10H2,1-4H3,(H2,18,19,20). The van der Waals surface area contributed by atoms with Gasteiger partial charge in [0.1, 0.15) is 0 Å². The van der Waals surface area contributed by atoms with Crippen LogP contribution < -0.4 is 10.6 Å². The number of benzene rings is 1. The molecule has 1 aromatic heterocycles. The molecule has 0 bridgehead atoms.